The van der Waals surface area contributed by atoms with Crippen LogP contribution in [0.5, 0.6) is 5.75 Å². The molecule has 1 heterocycles. The van der Waals surface area contributed by atoms with Gasteiger partial charge in [-0.05, 0) is 40.0 Å². The molecule has 0 amide bonds. The fourth-order valence-corrected chi connectivity index (χ4v) is 2.48. The van der Waals surface area contributed by atoms with Crippen molar-refractivity contribution < 1.29 is 9.47 Å². The minimum Gasteiger partial charge on any atom is -0.496 e. The largest absolute Gasteiger partial charge is 0.496 e. The highest BCUT2D eigenvalue weighted by atomic mass is 79.9. The zero-order chi connectivity index (χ0) is 10.9. The van der Waals surface area contributed by atoms with E-state index in [1.807, 2.05) is 6.07 Å². The van der Waals surface area contributed by atoms with E-state index in [0.717, 1.165) is 29.9 Å². The van der Waals surface area contributed by atoms with Gasteiger partial charge in [0.05, 0.1) is 18.2 Å². The van der Waals surface area contributed by atoms with Crippen LogP contribution in [0.2, 0.25) is 0 Å². The third-order valence-electron chi connectivity index (χ3n) is 3.07. The Morgan fingerprint density at radius 3 is 2.80 bits per heavy atom. The summed E-state index contributed by atoms with van der Waals surface area (Å²) in [5.41, 5.74) is 1.47. The Hall–Kier alpha value is -0.540. The van der Waals surface area contributed by atoms with Gasteiger partial charge in [-0.3, -0.25) is 0 Å². The molecule has 1 aliphatic heterocycles. The van der Waals surface area contributed by atoms with Gasteiger partial charge >= 0.3 is 0 Å². The Morgan fingerprint density at radius 1 is 1.47 bits per heavy atom. The summed E-state index contributed by atoms with van der Waals surface area (Å²) in [6.07, 6.45) is 1.09. The maximum Gasteiger partial charge on any atom is 0.133 e. The molecule has 0 bridgehead atoms. The summed E-state index contributed by atoms with van der Waals surface area (Å²) in [6, 6.07) is 6.26. The van der Waals surface area contributed by atoms with E-state index in [1.165, 1.54) is 5.56 Å². The van der Waals surface area contributed by atoms with Crippen molar-refractivity contribution in [1.82, 2.24) is 0 Å². The van der Waals surface area contributed by atoms with Crippen LogP contribution in [0.25, 0.3) is 0 Å². The number of rotatable bonds is 2. The predicted octanol–water partition coefficient (Wildman–Crippen LogP) is 3.14. The van der Waals surface area contributed by atoms with Crippen molar-refractivity contribution in [1.29, 1.82) is 0 Å². The average molecular weight is 271 g/mol. The van der Waals surface area contributed by atoms with Gasteiger partial charge in [0, 0.05) is 12.0 Å². The number of ether oxygens (including phenoxy) is 2. The highest BCUT2D eigenvalue weighted by Crippen LogP contribution is 2.36. The molecule has 0 saturated carbocycles. The van der Waals surface area contributed by atoms with Crippen LogP contribution in [0.3, 0.4) is 0 Å². The van der Waals surface area contributed by atoms with Crippen molar-refractivity contribution in [3.63, 3.8) is 0 Å². The van der Waals surface area contributed by atoms with E-state index >= 15 is 0 Å². The van der Waals surface area contributed by atoms with Crippen molar-refractivity contribution in [2.75, 3.05) is 20.3 Å². The molecule has 15 heavy (non-hydrogen) atoms. The van der Waals surface area contributed by atoms with Crippen LogP contribution in [0.15, 0.2) is 22.7 Å². The summed E-state index contributed by atoms with van der Waals surface area (Å²) in [4.78, 5) is 0. The molecule has 2 nitrogen and oxygen atoms in total. The fraction of sp³-hybridized carbons (Fsp3) is 0.500. The van der Waals surface area contributed by atoms with Gasteiger partial charge in [0.2, 0.25) is 0 Å². The van der Waals surface area contributed by atoms with E-state index in [9.17, 15) is 0 Å². The minimum absolute atomic E-state index is 0.161. The zero-order valence-electron chi connectivity index (χ0n) is 9.05. The maximum absolute atomic E-state index is 5.46. The fourth-order valence-electron chi connectivity index (χ4n) is 1.94. The normalized spacial score (nSPS) is 25.5. The lowest BCUT2D eigenvalue weighted by molar-refractivity contribution is 0.181. The monoisotopic (exact) mass is 270 g/mol. The highest BCUT2D eigenvalue weighted by Gasteiger charge is 2.31. The molecule has 1 aromatic carbocycles. The lowest BCUT2D eigenvalue weighted by atomic mass is 9.82. The second-order valence-corrected chi connectivity index (χ2v) is 5.07. The van der Waals surface area contributed by atoms with Gasteiger partial charge in [-0.15, -0.1) is 0 Å². The summed E-state index contributed by atoms with van der Waals surface area (Å²) >= 11 is 3.51. The second-order valence-electron chi connectivity index (χ2n) is 4.21. The van der Waals surface area contributed by atoms with Gasteiger partial charge in [0.15, 0.2) is 0 Å². The molecule has 1 aromatic rings. The third-order valence-corrected chi connectivity index (χ3v) is 3.69. The minimum atomic E-state index is 0.161. The quantitative estimate of drug-likeness (QED) is 0.822. The van der Waals surface area contributed by atoms with E-state index in [1.54, 1.807) is 7.11 Å². The molecular weight excluding hydrogens is 256 g/mol. The number of benzene rings is 1. The van der Waals surface area contributed by atoms with Crippen LogP contribution in [0, 0.1) is 0 Å². The van der Waals surface area contributed by atoms with E-state index in [2.05, 4.69) is 35.0 Å². The lowest BCUT2D eigenvalue weighted by Gasteiger charge is -2.22. The molecule has 2 rings (SSSR count). The van der Waals surface area contributed by atoms with Crippen molar-refractivity contribution in [2.45, 2.75) is 18.8 Å². The zero-order valence-corrected chi connectivity index (χ0v) is 10.6. The number of halogens is 1. The first-order valence-corrected chi connectivity index (χ1v) is 5.87. The highest BCUT2D eigenvalue weighted by molar-refractivity contribution is 9.10. The smallest absolute Gasteiger partial charge is 0.133 e. The molecule has 82 valence electrons. The van der Waals surface area contributed by atoms with Gasteiger partial charge in [-0.25, -0.2) is 0 Å². The molecule has 1 fully saturated rings. The second kappa shape index (κ2) is 4.14. The molecule has 0 aliphatic carbocycles. The first kappa shape index (κ1) is 11.0. The Kier molecular flexibility index (Phi) is 3.03. The van der Waals surface area contributed by atoms with E-state index in [0.29, 0.717) is 0 Å². The molecule has 1 saturated heterocycles. The van der Waals surface area contributed by atoms with Crippen LogP contribution in [0.4, 0.5) is 0 Å². The maximum atomic E-state index is 5.46. The van der Waals surface area contributed by atoms with Gasteiger partial charge < -0.3 is 9.47 Å². The van der Waals surface area contributed by atoms with Crippen LogP contribution >= 0.6 is 15.9 Å². The Labute approximate surface area is 98.7 Å². The molecule has 1 atom stereocenters. The lowest BCUT2D eigenvalue weighted by Crippen LogP contribution is -2.21. The SMILES string of the molecule is COc1ccc(C2(C)CCOC2)cc1Br. The van der Waals surface area contributed by atoms with E-state index in [4.69, 9.17) is 9.47 Å². The van der Waals surface area contributed by atoms with Crippen molar-refractivity contribution in [2.24, 2.45) is 0 Å². The van der Waals surface area contributed by atoms with Gasteiger partial charge in [0.25, 0.3) is 0 Å². The van der Waals surface area contributed by atoms with Gasteiger partial charge in [-0.2, -0.15) is 0 Å². The molecule has 0 radical (unpaired) electrons. The number of methoxy groups -OCH3 is 1. The standard InChI is InChI=1S/C12H15BrO2/c1-12(5-6-15-8-12)9-3-4-11(14-2)10(13)7-9/h3-4,7H,5-6,8H2,1-2H3. The average Bonchev–Trinajstić information content (AvgIpc) is 2.66. The molecule has 0 aromatic heterocycles. The topological polar surface area (TPSA) is 18.5 Å². The molecule has 1 unspecified atom stereocenters. The predicted molar refractivity (Wildman–Crippen MR) is 63.5 cm³/mol. The molecular formula is C12H15BrO2. The number of hydrogen-bond donors (Lipinski definition) is 0. The summed E-state index contributed by atoms with van der Waals surface area (Å²) in [5, 5.41) is 0. The summed E-state index contributed by atoms with van der Waals surface area (Å²) in [5.74, 6) is 0.876. The van der Waals surface area contributed by atoms with Gasteiger partial charge in [0.1, 0.15) is 5.75 Å². The van der Waals surface area contributed by atoms with Crippen LogP contribution in [-0.4, -0.2) is 20.3 Å². The van der Waals surface area contributed by atoms with Crippen molar-refractivity contribution in [3.8, 4) is 5.75 Å². The first-order valence-electron chi connectivity index (χ1n) is 5.07. The molecule has 0 spiro atoms. The van der Waals surface area contributed by atoms with E-state index < -0.39 is 0 Å². The summed E-state index contributed by atoms with van der Waals surface area (Å²) in [6.45, 7) is 3.92. The first-order chi connectivity index (χ1) is 7.15. The van der Waals surface area contributed by atoms with Crippen LogP contribution < -0.4 is 4.74 Å². The molecule has 0 N–H and O–H groups in total. The van der Waals surface area contributed by atoms with Crippen molar-refractivity contribution >= 4 is 15.9 Å². The molecule has 3 heteroatoms. The summed E-state index contributed by atoms with van der Waals surface area (Å²) < 4.78 is 11.7. The Bertz CT molecular complexity index is 357. The van der Waals surface area contributed by atoms with Gasteiger partial charge in [-0.1, -0.05) is 13.0 Å². The summed E-state index contributed by atoms with van der Waals surface area (Å²) in [7, 11) is 1.68. The number of hydrogen-bond acceptors (Lipinski definition) is 2. The molecule has 1 aliphatic rings. The van der Waals surface area contributed by atoms with Crippen molar-refractivity contribution in [3.05, 3.63) is 28.2 Å². The Balaban J connectivity index is 2.33. The van der Waals surface area contributed by atoms with Crippen LogP contribution in [0.1, 0.15) is 18.9 Å². The third kappa shape index (κ3) is 2.04. The van der Waals surface area contributed by atoms with E-state index in [-0.39, 0.29) is 5.41 Å². The Morgan fingerprint density at radius 2 is 2.27 bits per heavy atom. The van der Waals surface area contributed by atoms with Crippen LogP contribution in [-0.2, 0) is 10.2 Å².